The lowest BCUT2D eigenvalue weighted by atomic mass is 9.68. The van der Waals surface area contributed by atoms with Crippen LogP contribution in [0.25, 0.3) is 5.65 Å². The van der Waals surface area contributed by atoms with Crippen LogP contribution in [0, 0.1) is 5.41 Å². The Morgan fingerprint density at radius 1 is 1.13 bits per heavy atom. The van der Waals surface area contributed by atoms with Gasteiger partial charge in [0, 0.05) is 68.1 Å². The van der Waals surface area contributed by atoms with Crippen molar-refractivity contribution in [3.05, 3.63) is 11.8 Å². The summed E-state index contributed by atoms with van der Waals surface area (Å²) in [5.41, 5.74) is 2.19. The minimum Gasteiger partial charge on any atom is -0.443 e. The molecule has 2 aromatic heterocycles. The van der Waals surface area contributed by atoms with Crippen LogP contribution in [0.15, 0.2) is 6.20 Å². The number of fused-ring (bicyclic) bond motifs is 3. The number of aromatic nitrogens is 4. The highest BCUT2D eigenvalue weighted by molar-refractivity contribution is 5.79. The number of nitrogens with zero attached hydrogens (tertiary/aromatic N) is 6. The predicted octanol–water partition coefficient (Wildman–Crippen LogP) is 2.71. The largest absolute Gasteiger partial charge is 0.443 e. The molecule has 2 atom stereocenters. The molecule has 4 saturated heterocycles. The molecule has 7 rings (SSSR count). The quantitative estimate of drug-likeness (QED) is 0.611. The second kappa shape index (κ2) is 9.07. The molecule has 0 radical (unpaired) electrons. The molecule has 204 valence electrons. The number of piperidine rings is 1. The van der Waals surface area contributed by atoms with Gasteiger partial charge < -0.3 is 25.2 Å². The van der Waals surface area contributed by atoms with Crippen molar-refractivity contribution in [1.29, 1.82) is 0 Å². The molecule has 6 heterocycles. The highest BCUT2D eigenvalue weighted by Gasteiger charge is 2.47. The standard InChI is InChI=1S/C27H38N8O3/c1-16(2)22-13-29-35-23(22)31-24(33-14-27(15-33)7-5-20(36)6-8-27)32-25(35)30-17-9-18-3-4-19(10-17)34(18)26(37)38-21-11-28-12-21/h13,16-19,21,28H,3-12,14-15H2,1-2H3,(H,30,31,32). The van der Waals surface area contributed by atoms with Gasteiger partial charge >= 0.3 is 6.09 Å². The first-order valence-corrected chi connectivity index (χ1v) is 14.4. The second-order valence-electron chi connectivity index (χ2n) is 12.5. The fraction of sp³-hybridized carbons (Fsp3) is 0.741. The number of anilines is 2. The highest BCUT2D eigenvalue weighted by Crippen LogP contribution is 2.44. The number of carbonyl (C=O) groups excluding carboxylic acids is 2. The van der Waals surface area contributed by atoms with E-state index < -0.39 is 0 Å². The number of carbonyl (C=O) groups is 2. The Bertz CT molecular complexity index is 1220. The summed E-state index contributed by atoms with van der Waals surface area (Å²) in [4.78, 5) is 38.9. The Hall–Kier alpha value is -2.95. The molecule has 2 N–H and O–H groups in total. The summed E-state index contributed by atoms with van der Waals surface area (Å²) in [6.07, 6.45) is 8.88. The first-order valence-electron chi connectivity index (χ1n) is 14.4. The van der Waals surface area contributed by atoms with Crippen molar-refractivity contribution in [3.8, 4) is 0 Å². The monoisotopic (exact) mass is 522 g/mol. The van der Waals surface area contributed by atoms with Gasteiger partial charge in [-0.3, -0.25) is 4.79 Å². The minimum absolute atomic E-state index is 0.00943. The van der Waals surface area contributed by atoms with Gasteiger partial charge in [0.15, 0.2) is 5.65 Å². The van der Waals surface area contributed by atoms with Crippen molar-refractivity contribution in [2.45, 2.75) is 95.4 Å². The van der Waals surface area contributed by atoms with Crippen LogP contribution in [0.1, 0.15) is 76.7 Å². The van der Waals surface area contributed by atoms with E-state index in [0.717, 1.165) is 87.8 Å². The van der Waals surface area contributed by atoms with Crippen molar-refractivity contribution >= 4 is 29.4 Å². The number of rotatable bonds is 5. The SMILES string of the molecule is CC(C)c1cnn2c(NC3CC4CCC(C3)N4C(=O)OC3CNC3)nc(N3CC4(CCC(=O)CC4)C3)nc12. The zero-order valence-electron chi connectivity index (χ0n) is 22.4. The van der Waals surface area contributed by atoms with E-state index in [1.807, 2.05) is 15.6 Å². The van der Waals surface area contributed by atoms with Gasteiger partial charge in [-0.2, -0.15) is 19.6 Å². The number of hydrogen-bond acceptors (Lipinski definition) is 9. The van der Waals surface area contributed by atoms with Crippen LogP contribution < -0.4 is 15.5 Å². The minimum atomic E-state index is -0.154. The molecular formula is C27H38N8O3. The number of hydrogen-bond donors (Lipinski definition) is 2. The lowest BCUT2D eigenvalue weighted by molar-refractivity contribution is -0.122. The summed E-state index contributed by atoms with van der Waals surface area (Å²) in [5, 5.41) is 11.5. The van der Waals surface area contributed by atoms with Gasteiger partial charge in [0.1, 0.15) is 11.9 Å². The number of amides is 1. The normalized spacial score (nSPS) is 28.6. The maximum Gasteiger partial charge on any atom is 0.410 e. The molecular weight excluding hydrogens is 484 g/mol. The van der Waals surface area contributed by atoms with E-state index >= 15 is 0 Å². The molecule has 4 aliphatic heterocycles. The van der Waals surface area contributed by atoms with E-state index in [1.54, 1.807) is 0 Å². The summed E-state index contributed by atoms with van der Waals surface area (Å²) in [6.45, 7) is 7.64. The lowest BCUT2D eigenvalue weighted by Crippen LogP contribution is -2.58. The highest BCUT2D eigenvalue weighted by atomic mass is 16.6. The number of ether oxygens (including phenoxy) is 1. The van der Waals surface area contributed by atoms with E-state index in [-0.39, 0.29) is 35.7 Å². The average molecular weight is 523 g/mol. The summed E-state index contributed by atoms with van der Waals surface area (Å²) in [7, 11) is 0. The summed E-state index contributed by atoms with van der Waals surface area (Å²) in [5.74, 6) is 2.15. The van der Waals surface area contributed by atoms with Crippen LogP contribution in [-0.2, 0) is 9.53 Å². The van der Waals surface area contributed by atoms with E-state index in [4.69, 9.17) is 14.7 Å². The van der Waals surface area contributed by atoms with Gasteiger partial charge in [0.25, 0.3) is 0 Å². The van der Waals surface area contributed by atoms with E-state index in [2.05, 4.69) is 34.5 Å². The summed E-state index contributed by atoms with van der Waals surface area (Å²) in [6, 6.07) is 0.583. The second-order valence-corrected chi connectivity index (χ2v) is 12.5. The Balaban J connectivity index is 1.10. The van der Waals surface area contributed by atoms with Crippen molar-refractivity contribution < 1.29 is 14.3 Å². The molecule has 1 saturated carbocycles. The molecule has 2 aromatic rings. The van der Waals surface area contributed by atoms with Gasteiger partial charge in [-0.25, -0.2) is 4.79 Å². The van der Waals surface area contributed by atoms with Crippen molar-refractivity contribution in [2.75, 3.05) is 36.4 Å². The van der Waals surface area contributed by atoms with Gasteiger partial charge in [-0.1, -0.05) is 13.8 Å². The van der Waals surface area contributed by atoms with Crippen LogP contribution in [0.2, 0.25) is 0 Å². The molecule has 11 heteroatoms. The molecule has 2 unspecified atom stereocenters. The van der Waals surface area contributed by atoms with Crippen molar-refractivity contribution in [3.63, 3.8) is 0 Å². The molecule has 5 fully saturated rings. The maximum atomic E-state index is 12.9. The summed E-state index contributed by atoms with van der Waals surface area (Å²) < 4.78 is 7.55. The zero-order valence-corrected chi connectivity index (χ0v) is 22.4. The third kappa shape index (κ3) is 4.10. The molecule has 1 spiro atoms. The van der Waals surface area contributed by atoms with Gasteiger partial charge in [-0.05, 0) is 44.4 Å². The Morgan fingerprint density at radius 2 is 1.84 bits per heavy atom. The first kappa shape index (κ1) is 24.1. The van der Waals surface area contributed by atoms with Crippen LogP contribution >= 0.6 is 0 Å². The number of Topliss-reactive ketones (excluding diaryl/α,β-unsaturated/α-hetero) is 1. The first-order chi connectivity index (χ1) is 18.4. The predicted molar refractivity (Wildman–Crippen MR) is 141 cm³/mol. The van der Waals surface area contributed by atoms with Crippen LogP contribution in [0.3, 0.4) is 0 Å². The molecule has 38 heavy (non-hydrogen) atoms. The summed E-state index contributed by atoms with van der Waals surface area (Å²) >= 11 is 0. The number of nitrogens with one attached hydrogen (secondary N) is 2. The maximum absolute atomic E-state index is 12.9. The van der Waals surface area contributed by atoms with Crippen LogP contribution in [0.4, 0.5) is 16.7 Å². The Kier molecular flexibility index (Phi) is 5.75. The lowest BCUT2D eigenvalue weighted by Gasteiger charge is -2.52. The average Bonchev–Trinajstić information content (AvgIpc) is 3.39. The molecule has 11 nitrogen and oxygen atoms in total. The molecule has 2 bridgehead atoms. The molecule has 1 aliphatic carbocycles. The van der Waals surface area contributed by atoms with Gasteiger partial charge in [0.05, 0.1) is 6.20 Å². The third-order valence-electron chi connectivity index (χ3n) is 9.50. The molecule has 5 aliphatic rings. The fourth-order valence-corrected chi connectivity index (χ4v) is 7.13. The Labute approximate surface area is 222 Å². The molecule has 1 amide bonds. The van der Waals surface area contributed by atoms with E-state index in [9.17, 15) is 9.59 Å². The molecule has 0 aromatic carbocycles. The topological polar surface area (TPSA) is 117 Å². The van der Waals surface area contributed by atoms with Crippen LogP contribution in [-0.4, -0.2) is 86.8 Å². The van der Waals surface area contributed by atoms with Crippen molar-refractivity contribution in [2.24, 2.45) is 5.41 Å². The number of ketones is 1. The van der Waals surface area contributed by atoms with Gasteiger partial charge in [0.2, 0.25) is 11.9 Å². The van der Waals surface area contributed by atoms with Crippen LogP contribution in [0.5, 0.6) is 0 Å². The van der Waals surface area contributed by atoms with E-state index in [1.165, 1.54) is 0 Å². The zero-order chi connectivity index (χ0) is 26.0. The fourth-order valence-electron chi connectivity index (χ4n) is 7.13. The smallest absolute Gasteiger partial charge is 0.410 e. The van der Waals surface area contributed by atoms with Crippen molar-refractivity contribution in [1.82, 2.24) is 29.8 Å². The third-order valence-corrected chi connectivity index (χ3v) is 9.50. The Morgan fingerprint density at radius 3 is 2.47 bits per heavy atom. The van der Waals surface area contributed by atoms with E-state index in [0.29, 0.717) is 24.5 Å². The van der Waals surface area contributed by atoms with Gasteiger partial charge in [-0.15, -0.1) is 0 Å².